The quantitative estimate of drug-likeness (QED) is 0.128. The monoisotopic (exact) mass is 454 g/mol. The van der Waals surface area contributed by atoms with Crippen LogP contribution in [0.3, 0.4) is 0 Å². The molecule has 0 aliphatic heterocycles. The molecule has 33 heavy (non-hydrogen) atoms. The topological polar surface area (TPSA) is 44.8 Å². The van der Waals surface area contributed by atoms with E-state index in [0.717, 1.165) is 43.4 Å². The Hall–Kier alpha value is -2.33. The Morgan fingerprint density at radius 1 is 0.727 bits per heavy atom. The summed E-state index contributed by atoms with van der Waals surface area (Å²) in [5.41, 5.74) is 1.41. The van der Waals surface area contributed by atoms with Gasteiger partial charge in [0, 0.05) is 5.56 Å². The average Bonchev–Trinajstić information content (AvgIpc) is 2.86. The molecule has 0 amide bonds. The van der Waals surface area contributed by atoms with Gasteiger partial charge in [0.2, 0.25) is 0 Å². The van der Waals surface area contributed by atoms with E-state index in [1.165, 1.54) is 44.9 Å². The molecule has 0 saturated carbocycles. The second kappa shape index (κ2) is 17.2. The molecular formula is C29H42O4. The fraction of sp³-hybridized carbons (Fsp3) is 0.552. The van der Waals surface area contributed by atoms with Crippen molar-refractivity contribution >= 4 is 5.97 Å². The maximum absolute atomic E-state index is 12.4. The van der Waals surface area contributed by atoms with E-state index in [0.29, 0.717) is 12.2 Å². The third-order valence-corrected chi connectivity index (χ3v) is 5.84. The average molecular weight is 455 g/mol. The molecule has 0 heterocycles. The van der Waals surface area contributed by atoms with E-state index in [1.54, 1.807) is 12.1 Å². The van der Waals surface area contributed by atoms with Crippen LogP contribution >= 0.6 is 0 Å². The van der Waals surface area contributed by atoms with E-state index >= 15 is 0 Å². The number of carbonyl (C=O) groups excluding carboxylic acids is 1. The highest BCUT2D eigenvalue weighted by atomic mass is 17.2. The predicted octanol–water partition coefficient (Wildman–Crippen LogP) is 8.62. The van der Waals surface area contributed by atoms with Gasteiger partial charge in [-0.25, -0.2) is 4.79 Å². The van der Waals surface area contributed by atoms with Crippen LogP contribution in [-0.2, 0) is 9.78 Å². The number of benzene rings is 2. The van der Waals surface area contributed by atoms with E-state index in [4.69, 9.17) is 14.5 Å². The van der Waals surface area contributed by atoms with Gasteiger partial charge in [-0.3, -0.25) is 4.89 Å². The Morgan fingerprint density at radius 3 is 2.06 bits per heavy atom. The fourth-order valence-electron chi connectivity index (χ4n) is 3.86. The maximum Gasteiger partial charge on any atom is 0.373 e. The van der Waals surface area contributed by atoms with Crippen LogP contribution in [0.1, 0.15) is 113 Å². The van der Waals surface area contributed by atoms with E-state index < -0.39 is 5.97 Å². The van der Waals surface area contributed by atoms with Gasteiger partial charge in [0.25, 0.3) is 0 Å². The second-order valence-corrected chi connectivity index (χ2v) is 8.68. The lowest BCUT2D eigenvalue weighted by molar-refractivity contribution is -0.279. The van der Waals surface area contributed by atoms with Crippen LogP contribution in [0.4, 0.5) is 0 Å². The third kappa shape index (κ3) is 10.9. The van der Waals surface area contributed by atoms with Gasteiger partial charge in [-0.1, -0.05) is 114 Å². The fourth-order valence-corrected chi connectivity index (χ4v) is 3.86. The Labute approximate surface area is 200 Å². The molecule has 0 aliphatic rings. The number of unbranched alkanes of at least 4 members (excludes halogenated alkanes) is 9. The molecule has 4 nitrogen and oxygen atoms in total. The van der Waals surface area contributed by atoms with E-state index in [1.807, 2.05) is 42.5 Å². The van der Waals surface area contributed by atoms with Crippen molar-refractivity contribution < 1.29 is 19.3 Å². The Bertz CT molecular complexity index is 759. The van der Waals surface area contributed by atoms with Gasteiger partial charge in [0.05, 0.1) is 12.2 Å². The van der Waals surface area contributed by atoms with Gasteiger partial charge in [-0.2, -0.15) is 4.89 Å². The van der Waals surface area contributed by atoms with E-state index in [2.05, 4.69) is 13.8 Å². The normalized spacial score (nSPS) is 11.8. The molecule has 182 valence electrons. The maximum atomic E-state index is 12.4. The van der Waals surface area contributed by atoms with Crippen LogP contribution in [0, 0.1) is 0 Å². The van der Waals surface area contributed by atoms with Gasteiger partial charge in [-0.15, -0.1) is 0 Å². The number of para-hydroxylation sites is 1. The molecule has 1 unspecified atom stereocenters. The molecule has 0 fully saturated rings. The summed E-state index contributed by atoms with van der Waals surface area (Å²) in [5.74, 6) is 0.339. The molecule has 0 N–H and O–H groups in total. The van der Waals surface area contributed by atoms with Crippen molar-refractivity contribution in [2.75, 3.05) is 6.61 Å². The van der Waals surface area contributed by atoms with Crippen LogP contribution in [0.2, 0.25) is 0 Å². The highest BCUT2D eigenvalue weighted by molar-refractivity contribution is 5.88. The first-order valence-corrected chi connectivity index (χ1v) is 12.9. The van der Waals surface area contributed by atoms with Crippen LogP contribution in [0.15, 0.2) is 54.6 Å². The van der Waals surface area contributed by atoms with Crippen molar-refractivity contribution in [2.45, 2.75) is 97.0 Å². The lowest BCUT2D eigenvalue weighted by Crippen LogP contribution is -2.12. The minimum Gasteiger partial charge on any atom is -0.493 e. The zero-order chi connectivity index (χ0) is 23.6. The number of ether oxygens (including phenoxy) is 1. The van der Waals surface area contributed by atoms with Crippen molar-refractivity contribution in [3.63, 3.8) is 0 Å². The zero-order valence-corrected chi connectivity index (χ0v) is 20.6. The van der Waals surface area contributed by atoms with Crippen LogP contribution in [-0.4, -0.2) is 12.6 Å². The van der Waals surface area contributed by atoms with Gasteiger partial charge in [-0.05, 0) is 31.0 Å². The van der Waals surface area contributed by atoms with Gasteiger partial charge < -0.3 is 4.74 Å². The third-order valence-electron chi connectivity index (χ3n) is 5.84. The van der Waals surface area contributed by atoms with Gasteiger partial charge in [0.15, 0.2) is 0 Å². The number of rotatable bonds is 18. The summed E-state index contributed by atoms with van der Waals surface area (Å²) in [4.78, 5) is 23.3. The highest BCUT2D eigenvalue weighted by Crippen LogP contribution is 2.32. The van der Waals surface area contributed by atoms with Gasteiger partial charge >= 0.3 is 5.97 Å². The smallest absolute Gasteiger partial charge is 0.373 e. The van der Waals surface area contributed by atoms with Crippen molar-refractivity contribution in [3.8, 4) is 5.75 Å². The minimum absolute atomic E-state index is 0.348. The van der Waals surface area contributed by atoms with E-state index in [9.17, 15) is 4.79 Å². The Balaban J connectivity index is 1.88. The number of carbonyl (C=O) groups is 1. The first-order valence-electron chi connectivity index (χ1n) is 12.9. The summed E-state index contributed by atoms with van der Waals surface area (Å²) in [6.45, 7) is 5.12. The van der Waals surface area contributed by atoms with Crippen LogP contribution < -0.4 is 4.74 Å². The molecule has 0 spiro atoms. The van der Waals surface area contributed by atoms with Crippen molar-refractivity contribution in [1.82, 2.24) is 0 Å². The first kappa shape index (κ1) is 26.9. The molecule has 0 radical (unpaired) electrons. The molecule has 4 heteroatoms. The molecule has 2 aromatic carbocycles. The largest absolute Gasteiger partial charge is 0.493 e. The SMILES string of the molecule is CCCCCCCCCCOc1ccccc1C(CCCCC)OOC(=O)c1ccccc1. The second-order valence-electron chi connectivity index (χ2n) is 8.68. The molecule has 0 saturated heterocycles. The minimum atomic E-state index is -0.478. The van der Waals surface area contributed by atoms with Gasteiger partial charge in [0.1, 0.15) is 11.9 Å². The van der Waals surface area contributed by atoms with Crippen LogP contribution in [0.25, 0.3) is 0 Å². The summed E-state index contributed by atoms with van der Waals surface area (Å²) in [6.07, 6.45) is 13.8. The highest BCUT2D eigenvalue weighted by Gasteiger charge is 2.20. The van der Waals surface area contributed by atoms with Crippen molar-refractivity contribution in [1.29, 1.82) is 0 Å². The number of hydrogen-bond donors (Lipinski definition) is 0. The molecule has 0 aliphatic carbocycles. The summed E-state index contributed by atoms with van der Waals surface area (Å²) >= 11 is 0. The van der Waals surface area contributed by atoms with Crippen molar-refractivity contribution in [2.24, 2.45) is 0 Å². The van der Waals surface area contributed by atoms with E-state index in [-0.39, 0.29) is 6.10 Å². The molecule has 1 atom stereocenters. The predicted molar refractivity (Wildman–Crippen MR) is 134 cm³/mol. The Kier molecular flexibility index (Phi) is 14.0. The van der Waals surface area contributed by atoms with Crippen LogP contribution in [0.5, 0.6) is 5.75 Å². The Morgan fingerprint density at radius 2 is 1.33 bits per heavy atom. The summed E-state index contributed by atoms with van der Waals surface area (Å²) in [7, 11) is 0. The first-order chi connectivity index (χ1) is 16.3. The standard InChI is InChI=1S/C29H42O4/c1-3-5-7-8-9-10-11-18-24-31-27-22-17-16-21-26(27)28(23-13-6-4-2)32-33-29(30)25-19-14-12-15-20-25/h12,14-17,19-22,28H,3-11,13,18,23-24H2,1-2H3. The lowest BCUT2D eigenvalue weighted by atomic mass is 10.0. The molecule has 0 aromatic heterocycles. The molecule has 2 aromatic rings. The van der Waals surface area contributed by atoms with Crippen molar-refractivity contribution in [3.05, 3.63) is 65.7 Å². The summed E-state index contributed by atoms with van der Waals surface area (Å²) < 4.78 is 6.14. The number of hydrogen-bond acceptors (Lipinski definition) is 4. The molecule has 2 rings (SSSR count). The lowest BCUT2D eigenvalue weighted by Gasteiger charge is -2.20. The summed E-state index contributed by atoms with van der Waals surface area (Å²) in [6, 6.07) is 16.9. The molecular weight excluding hydrogens is 412 g/mol. The zero-order valence-electron chi connectivity index (χ0n) is 20.6. The summed E-state index contributed by atoms with van der Waals surface area (Å²) in [5, 5.41) is 0. The molecule has 0 bridgehead atoms.